The molecule has 0 bridgehead atoms. The molecule has 3 atom stereocenters. The van der Waals surface area contributed by atoms with E-state index in [1.165, 1.54) is 6.42 Å². The van der Waals surface area contributed by atoms with Crippen LogP contribution in [-0.4, -0.2) is 35.8 Å². The van der Waals surface area contributed by atoms with Gasteiger partial charge in [-0.3, -0.25) is 9.59 Å². The van der Waals surface area contributed by atoms with Crippen molar-refractivity contribution in [1.82, 2.24) is 10.2 Å². The number of nitrogens with zero attached hydrogens (tertiary/aromatic N) is 1. The summed E-state index contributed by atoms with van der Waals surface area (Å²) in [6.45, 7) is 4.93. The molecule has 1 saturated carbocycles. The molecule has 2 fully saturated rings. The van der Waals surface area contributed by atoms with Crippen LogP contribution in [0.25, 0.3) is 0 Å². The van der Waals surface area contributed by atoms with Crippen molar-refractivity contribution in [2.75, 3.05) is 13.1 Å². The highest BCUT2D eigenvalue weighted by Gasteiger charge is 2.38. The molecule has 1 saturated heterocycles. The smallest absolute Gasteiger partial charge is 0.245 e. The Morgan fingerprint density at radius 3 is 2.64 bits per heavy atom. The Balaban J connectivity index is 1.95. The van der Waals surface area contributed by atoms with Crippen LogP contribution in [0.15, 0.2) is 0 Å². The van der Waals surface area contributed by atoms with Crippen LogP contribution in [0.3, 0.4) is 0 Å². The normalized spacial score (nSPS) is 37.0. The third-order valence-electron chi connectivity index (χ3n) is 3.13. The number of piperazine rings is 1. The molecule has 4 nitrogen and oxygen atoms in total. The molecule has 14 heavy (non-hydrogen) atoms. The molecule has 0 aromatic carbocycles. The maximum Gasteiger partial charge on any atom is 0.245 e. The molecule has 1 heterocycles. The molecule has 0 aromatic rings. The van der Waals surface area contributed by atoms with Gasteiger partial charge in [0.15, 0.2) is 0 Å². The molecule has 2 rings (SSSR count). The van der Waals surface area contributed by atoms with Gasteiger partial charge in [-0.15, -0.1) is 0 Å². The second kappa shape index (κ2) is 3.26. The van der Waals surface area contributed by atoms with Gasteiger partial charge < -0.3 is 10.2 Å². The van der Waals surface area contributed by atoms with E-state index in [9.17, 15) is 9.59 Å². The van der Waals surface area contributed by atoms with Crippen LogP contribution in [0.5, 0.6) is 0 Å². The third kappa shape index (κ3) is 1.74. The Labute approximate surface area is 83.6 Å². The number of hydrogen-bond acceptors (Lipinski definition) is 2. The lowest BCUT2D eigenvalue weighted by Crippen LogP contribution is -2.57. The van der Waals surface area contributed by atoms with E-state index < -0.39 is 0 Å². The first kappa shape index (κ1) is 9.49. The van der Waals surface area contributed by atoms with Crippen molar-refractivity contribution >= 4 is 11.8 Å². The van der Waals surface area contributed by atoms with Gasteiger partial charge in [-0.25, -0.2) is 0 Å². The summed E-state index contributed by atoms with van der Waals surface area (Å²) < 4.78 is 0. The predicted molar refractivity (Wildman–Crippen MR) is 51.5 cm³/mol. The molecule has 78 valence electrons. The molecule has 0 radical (unpaired) electrons. The molecule has 3 unspecified atom stereocenters. The van der Waals surface area contributed by atoms with Gasteiger partial charge >= 0.3 is 0 Å². The molecule has 0 aromatic heterocycles. The van der Waals surface area contributed by atoms with E-state index in [-0.39, 0.29) is 24.4 Å². The summed E-state index contributed by atoms with van der Waals surface area (Å²) in [4.78, 5) is 24.6. The molecule has 1 N–H and O–H groups in total. The van der Waals surface area contributed by atoms with Crippen LogP contribution in [0.4, 0.5) is 0 Å². The van der Waals surface area contributed by atoms with E-state index in [4.69, 9.17) is 0 Å². The maximum absolute atomic E-state index is 11.7. The molecule has 0 spiro atoms. The number of rotatable bonds is 2. The summed E-state index contributed by atoms with van der Waals surface area (Å²) in [7, 11) is 0. The van der Waals surface area contributed by atoms with Crippen LogP contribution >= 0.6 is 0 Å². The van der Waals surface area contributed by atoms with Gasteiger partial charge in [-0.1, -0.05) is 6.92 Å². The fourth-order valence-corrected chi connectivity index (χ4v) is 1.97. The van der Waals surface area contributed by atoms with Gasteiger partial charge in [0.2, 0.25) is 11.8 Å². The topological polar surface area (TPSA) is 49.4 Å². The summed E-state index contributed by atoms with van der Waals surface area (Å²) >= 11 is 0. The largest absolute Gasteiger partial charge is 0.343 e. The maximum atomic E-state index is 11.7. The van der Waals surface area contributed by atoms with E-state index >= 15 is 0 Å². The number of carbonyl (C=O) groups excluding carboxylic acids is 2. The first-order chi connectivity index (χ1) is 6.58. The molecule has 1 aliphatic carbocycles. The average Bonchev–Trinajstić information content (AvgIpc) is 2.77. The summed E-state index contributed by atoms with van der Waals surface area (Å²) in [5, 5.41) is 2.63. The minimum atomic E-state index is -0.342. The quantitative estimate of drug-likeness (QED) is 0.675. The zero-order valence-electron chi connectivity index (χ0n) is 8.62. The van der Waals surface area contributed by atoms with Crippen LogP contribution < -0.4 is 5.32 Å². The third-order valence-corrected chi connectivity index (χ3v) is 3.13. The number of amides is 2. The minimum Gasteiger partial charge on any atom is -0.343 e. The van der Waals surface area contributed by atoms with Gasteiger partial charge in [0.05, 0.1) is 6.54 Å². The van der Waals surface area contributed by atoms with Crippen molar-refractivity contribution in [2.24, 2.45) is 11.8 Å². The van der Waals surface area contributed by atoms with E-state index in [2.05, 4.69) is 12.2 Å². The Hall–Kier alpha value is -1.06. The van der Waals surface area contributed by atoms with E-state index in [1.54, 1.807) is 11.8 Å². The average molecular weight is 196 g/mol. The summed E-state index contributed by atoms with van der Waals surface area (Å²) in [5.74, 6) is 1.37. The minimum absolute atomic E-state index is 0.0367. The van der Waals surface area contributed by atoms with Gasteiger partial charge in [0.25, 0.3) is 0 Å². The summed E-state index contributed by atoms with van der Waals surface area (Å²) in [5.41, 5.74) is 0. The molecular weight excluding hydrogens is 180 g/mol. The van der Waals surface area contributed by atoms with Crippen molar-refractivity contribution in [1.29, 1.82) is 0 Å². The lowest BCUT2D eigenvalue weighted by atomic mass is 10.2. The molecule has 2 aliphatic rings. The number of hydrogen-bond donors (Lipinski definition) is 1. The standard InChI is InChI=1S/C10H16N2O2/c1-6-3-8(6)4-12-5-9(13)11-7(2)10(12)14/h6-8H,3-5H2,1-2H3,(H,11,13). The monoisotopic (exact) mass is 196 g/mol. The van der Waals surface area contributed by atoms with Gasteiger partial charge in [-0.05, 0) is 25.2 Å². The van der Waals surface area contributed by atoms with Crippen molar-refractivity contribution in [3.63, 3.8) is 0 Å². The van der Waals surface area contributed by atoms with E-state index in [1.807, 2.05) is 0 Å². The molecule has 1 aliphatic heterocycles. The highest BCUT2D eigenvalue weighted by molar-refractivity contribution is 5.94. The molecule has 4 heteroatoms. The summed E-state index contributed by atoms with van der Waals surface area (Å²) in [6.07, 6.45) is 1.19. The highest BCUT2D eigenvalue weighted by atomic mass is 16.2. The molecule has 2 amide bonds. The fourth-order valence-electron chi connectivity index (χ4n) is 1.97. The fraction of sp³-hybridized carbons (Fsp3) is 0.800. The van der Waals surface area contributed by atoms with Crippen LogP contribution in [0, 0.1) is 11.8 Å². The lowest BCUT2D eigenvalue weighted by Gasteiger charge is -2.30. The highest BCUT2D eigenvalue weighted by Crippen LogP contribution is 2.38. The van der Waals surface area contributed by atoms with E-state index in [0.29, 0.717) is 5.92 Å². The second-order valence-electron chi connectivity index (χ2n) is 4.48. The van der Waals surface area contributed by atoms with Crippen molar-refractivity contribution in [3.05, 3.63) is 0 Å². The Kier molecular flexibility index (Phi) is 2.21. The van der Waals surface area contributed by atoms with Crippen molar-refractivity contribution in [3.8, 4) is 0 Å². The first-order valence-corrected chi connectivity index (χ1v) is 5.16. The van der Waals surface area contributed by atoms with Gasteiger partial charge in [0.1, 0.15) is 6.04 Å². The van der Waals surface area contributed by atoms with Crippen LogP contribution in [-0.2, 0) is 9.59 Å². The van der Waals surface area contributed by atoms with Gasteiger partial charge in [0, 0.05) is 6.54 Å². The SMILES string of the molecule is CC1NC(=O)CN(CC2CC2C)C1=O. The Morgan fingerprint density at radius 2 is 2.07 bits per heavy atom. The second-order valence-corrected chi connectivity index (χ2v) is 4.48. The lowest BCUT2D eigenvalue weighted by molar-refractivity contribution is -0.143. The predicted octanol–water partition coefficient (Wildman–Crippen LogP) is -0.0107. The van der Waals surface area contributed by atoms with Crippen molar-refractivity contribution in [2.45, 2.75) is 26.3 Å². The Bertz CT molecular complexity index is 277. The molecular formula is C10H16N2O2. The number of carbonyl (C=O) groups is 2. The zero-order chi connectivity index (χ0) is 10.3. The van der Waals surface area contributed by atoms with Gasteiger partial charge in [-0.2, -0.15) is 0 Å². The van der Waals surface area contributed by atoms with Crippen LogP contribution in [0.2, 0.25) is 0 Å². The zero-order valence-corrected chi connectivity index (χ0v) is 8.62. The van der Waals surface area contributed by atoms with Crippen LogP contribution in [0.1, 0.15) is 20.3 Å². The van der Waals surface area contributed by atoms with Crippen molar-refractivity contribution < 1.29 is 9.59 Å². The Morgan fingerprint density at radius 1 is 1.43 bits per heavy atom. The first-order valence-electron chi connectivity index (χ1n) is 5.16. The summed E-state index contributed by atoms with van der Waals surface area (Å²) in [6, 6.07) is -0.342. The number of nitrogens with one attached hydrogen (secondary N) is 1. The van der Waals surface area contributed by atoms with E-state index in [0.717, 1.165) is 12.5 Å².